The van der Waals surface area contributed by atoms with Crippen LogP contribution in [0.2, 0.25) is 10.0 Å². The average Bonchev–Trinajstić information content (AvgIpc) is 3.10. The van der Waals surface area contributed by atoms with E-state index in [9.17, 15) is 4.79 Å². The molecule has 0 fully saturated rings. The van der Waals surface area contributed by atoms with Gasteiger partial charge in [-0.25, -0.2) is 0 Å². The maximum Gasteiger partial charge on any atom is 0.234 e. The van der Waals surface area contributed by atoms with E-state index in [1.54, 1.807) is 56.2 Å². The van der Waals surface area contributed by atoms with Crippen molar-refractivity contribution in [3.8, 4) is 28.6 Å². The molecule has 0 unspecified atom stereocenters. The zero-order valence-electron chi connectivity index (χ0n) is 17.2. The lowest BCUT2D eigenvalue weighted by molar-refractivity contribution is -0.113. The zero-order valence-corrected chi connectivity index (χ0v) is 19.6. The second-order valence-electron chi connectivity index (χ2n) is 6.27. The molecule has 2 aromatic carbocycles. The third-order valence-corrected chi connectivity index (χ3v) is 5.69. The van der Waals surface area contributed by atoms with Crippen LogP contribution in [0.5, 0.6) is 17.2 Å². The van der Waals surface area contributed by atoms with Crippen molar-refractivity contribution < 1.29 is 19.0 Å². The molecule has 0 saturated carbocycles. The molecule has 1 N–H and O–H groups in total. The quantitative estimate of drug-likeness (QED) is 0.471. The Morgan fingerprint density at radius 1 is 1.00 bits per heavy atom. The number of nitrogens with zero attached hydrogens (tertiary/aromatic N) is 3. The molecule has 0 aliphatic rings. The predicted molar refractivity (Wildman–Crippen MR) is 122 cm³/mol. The summed E-state index contributed by atoms with van der Waals surface area (Å²) in [6.45, 7) is 0. The van der Waals surface area contributed by atoms with Crippen LogP contribution in [0, 0.1) is 0 Å². The van der Waals surface area contributed by atoms with Crippen molar-refractivity contribution >= 4 is 46.6 Å². The van der Waals surface area contributed by atoms with Crippen molar-refractivity contribution in [1.82, 2.24) is 14.8 Å². The van der Waals surface area contributed by atoms with Gasteiger partial charge in [0.15, 0.2) is 22.5 Å². The van der Waals surface area contributed by atoms with E-state index >= 15 is 0 Å². The minimum absolute atomic E-state index is 0.130. The average molecular weight is 483 g/mol. The summed E-state index contributed by atoms with van der Waals surface area (Å²) >= 11 is 13.2. The molecule has 164 valence electrons. The van der Waals surface area contributed by atoms with Crippen LogP contribution in [-0.2, 0) is 11.8 Å². The number of aromatic nitrogens is 3. The lowest BCUT2D eigenvalue weighted by atomic mass is 10.1. The number of nitrogens with one attached hydrogen (secondary N) is 1. The Balaban J connectivity index is 1.75. The second kappa shape index (κ2) is 10.1. The highest BCUT2D eigenvalue weighted by molar-refractivity contribution is 7.99. The number of thioether (sulfide) groups is 1. The maximum absolute atomic E-state index is 12.3. The van der Waals surface area contributed by atoms with Gasteiger partial charge in [-0.05, 0) is 30.3 Å². The maximum atomic E-state index is 12.3. The molecule has 0 atom stereocenters. The van der Waals surface area contributed by atoms with Gasteiger partial charge in [0, 0.05) is 28.3 Å². The largest absolute Gasteiger partial charge is 0.493 e. The summed E-state index contributed by atoms with van der Waals surface area (Å²) in [5.41, 5.74) is 1.26. The van der Waals surface area contributed by atoms with E-state index in [1.807, 2.05) is 7.05 Å². The first-order valence-electron chi connectivity index (χ1n) is 8.94. The SMILES string of the molecule is COc1cc(-c2nnc(SCC(=O)Nc3cc(Cl)cc(Cl)c3)n2C)cc(OC)c1OC. The van der Waals surface area contributed by atoms with Crippen LogP contribution in [0.15, 0.2) is 35.5 Å². The van der Waals surface area contributed by atoms with E-state index < -0.39 is 0 Å². The Hall–Kier alpha value is -2.62. The van der Waals surface area contributed by atoms with Crippen molar-refractivity contribution in [3.63, 3.8) is 0 Å². The highest BCUT2D eigenvalue weighted by Crippen LogP contribution is 2.41. The number of benzene rings is 2. The van der Waals surface area contributed by atoms with Gasteiger partial charge in [-0.2, -0.15) is 0 Å². The van der Waals surface area contributed by atoms with E-state index in [4.69, 9.17) is 37.4 Å². The van der Waals surface area contributed by atoms with Crippen molar-refractivity contribution in [1.29, 1.82) is 0 Å². The second-order valence-corrected chi connectivity index (χ2v) is 8.09. The normalized spacial score (nSPS) is 10.6. The van der Waals surface area contributed by atoms with Gasteiger partial charge in [0.1, 0.15) is 0 Å². The minimum atomic E-state index is -0.222. The summed E-state index contributed by atoms with van der Waals surface area (Å²) in [5.74, 6) is 2.00. The number of carbonyl (C=O) groups excluding carboxylic acids is 1. The number of amides is 1. The van der Waals surface area contributed by atoms with Crippen LogP contribution in [0.25, 0.3) is 11.4 Å². The number of ether oxygens (including phenoxy) is 3. The van der Waals surface area contributed by atoms with Crippen LogP contribution in [0.3, 0.4) is 0 Å². The molecular weight excluding hydrogens is 463 g/mol. The van der Waals surface area contributed by atoms with Crippen LogP contribution in [0.4, 0.5) is 5.69 Å². The van der Waals surface area contributed by atoms with Gasteiger partial charge < -0.3 is 24.1 Å². The van der Waals surface area contributed by atoms with Crippen molar-refractivity contribution in [2.75, 3.05) is 32.4 Å². The molecule has 0 saturated heterocycles. The van der Waals surface area contributed by atoms with Gasteiger partial charge in [0.25, 0.3) is 0 Å². The summed E-state index contributed by atoms with van der Waals surface area (Å²) in [5, 5.41) is 12.7. The molecular formula is C20H20Cl2N4O4S. The van der Waals surface area contributed by atoms with Crippen molar-refractivity contribution in [3.05, 3.63) is 40.4 Å². The first-order chi connectivity index (χ1) is 14.9. The molecule has 0 aliphatic carbocycles. The minimum Gasteiger partial charge on any atom is -0.493 e. The van der Waals surface area contributed by atoms with E-state index in [-0.39, 0.29) is 11.7 Å². The topological polar surface area (TPSA) is 87.5 Å². The van der Waals surface area contributed by atoms with Crippen LogP contribution < -0.4 is 19.5 Å². The first kappa shape index (κ1) is 23.1. The number of rotatable bonds is 8. The number of carbonyl (C=O) groups is 1. The number of methoxy groups -OCH3 is 3. The summed E-state index contributed by atoms with van der Waals surface area (Å²) in [6.07, 6.45) is 0. The Morgan fingerprint density at radius 2 is 1.61 bits per heavy atom. The smallest absolute Gasteiger partial charge is 0.234 e. The number of hydrogen-bond acceptors (Lipinski definition) is 7. The summed E-state index contributed by atoms with van der Waals surface area (Å²) in [7, 11) is 6.45. The predicted octanol–water partition coefficient (Wildman–Crippen LogP) is 4.55. The molecule has 1 heterocycles. The fourth-order valence-corrected chi connectivity index (χ4v) is 4.09. The number of hydrogen-bond donors (Lipinski definition) is 1. The Labute approximate surface area is 193 Å². The van der Waals surface area contributed by atoms with Crippen LogP contribution in [0.1, 0.15) is 0 Å². The lowest BCUT2D eigenvalue weighted by Gasteiger charge is -2.14. The highest BCUT2D eigenvalue weighted by atomic mass is 35.5. The van der Waals surface area contributed by atoms with Crippen LogP contribution in [-0.4, -0.2) is 47.8 Å². The monoisotopic (exact) mass is 482 g/mol. The molecule has 3 aromatic rings. The molecule has 0 bridgehead atoms. The Morgan fingerprint density at radius 3 is 2.16 bits per heavy atom. The summed E-state index contributed by atoms with van der Waals surface area (Å²) in [4.78, 5) is 12.3. The van der Waals surface area contributed by atoms with E-state index in [0.29, 0.717) is 44.0 Å². The number of anilines is 1. The van der Waals surface area contributed by atoms with Gasteiger partial charge in [0.2, 0.25) is 11.7 Å². The Kier molecular flexibility index (Phi) is 7.53. The van der Waals surface area contributed by atoms with Gasteiger partial charge in [-0.15, -0.1) is 10.2 Å². The molecule has 31 heavy (non-hydrogen) atoms. The zero-order chi connectivity index (χ0) is 22.5. The first-order valence-corrected chi connectivity index (χ1v) is 10.7. The lowest BCUT2D eigenvalue weighted by Crippen LogP contribution is -2.14. The fraction of sp³-hybridized carbons (Fsp3) is 0.250. The van der Waals surface area contributed by atoms with E-state index in [1.165, 1.54) is 11.8 Å². The molecule has 0 spiro atoms. The third kappa shape index (κ3) is 5.36. The molecule has 8 nitrogen and oxygen atoms in total. The van der Waals surface area contributed by atoms with E-state index in [0.717, 1.165) is 5.56 Å². The molecule has 1 amide bonds. The number of halogens is 2. The Bertz CT molecular complexity index is 1060. The summed E-state index contributed by atoms with van der Waals surface area (Å²) in [6, 6.07) is 8.42. The molecule has 3 rings (SSSR count). The molecule has 0 radical (unpaired) electrons. The fourth-order valence-electron chi connectivity index (χ4n) is 2.86. The highest BCUT2D eigenvalue weighted by Gasteiger charge is 2.19. The molecule has 11 heteroatoms. The van der Waals surface area contributed by atoms with Crippen LogP contribution >= 0.6 is 35.0 Å². The third-order valence-electron chi connectivity index (χ3n) is 4.24. The molecule has 0 aliphatic heterocycles. The van der Waals surface area contributed by atoms with E-state index in [2.05, 4.69) is 15.5 Å². The van der Waals surface area contributed by atoms with Gasteiger partial charge in [-0.3, -0.25) is 4.79 Å². The van der Waals surface area contributed by atoms with Crippen molar-refractivity contribution in [2.24, 2.45) is 7.05 Å². The standard InChI is InChI=1S/C20H20Cl2N4O4S/c1-26-19(11-5-15(28-2)18(30-4)16(6-11)29-3)24-25-20(26)31-10-17(27)23-14-8-12(21)7-13(22)9-14/h5-9H,10H2,1-4H3,(H,23,27). The van der Waals surface area contributed by atoms with Crippen molar-refractivity contribution in [2.45, 2.75) is 5.16 Å². The van der Waals surface area contributed by atoms with Gasteiger partial charge in [0.05, 0.1) is 27.1 Å². The van der Waals surface area contributed by atoms with Gasteiger partial charge in [-0.1, -0.05) is 35.0 Å². The molecule has 1 aromatic heterocycles. The van der Waals surface area contributed by atoms with Gasteiger partial charge >= 0.3 is 0 Å². The summed E-state index contributed by atoms with van der Waals surface area (Å²) < 4.78 is 17.9.